The maximum atomic E-state index is 14.4. The summed E-state index contributed by atoms with van der Waals surface area (Å²) in [6, 6.07) is 8.98. The van der Waals surface area contributed by atoms with E-state index in [9.17, 15) is 18.3 Å². The number of aliphatic hydroxyl groups is 1. The first kappa shape index (κ1) is 18.1. The Balaban J connectivity index is 1.97. The van der Waals surface area contributed by atoms with Crippen molar-refractivity contribution in [1.29, 1.82) is 0 Å². The van der Waals surface area contributed by atoms with Gasteiger partial charge in [0, 0.05) is 11.6 Å². The number of aromatic nitrogens is 3. The second-order valence-electron chi connectivity index (χ2n) is 6.37. The van der Waals surface area contributed by atoms with Crippen LogP contribution in [0.5, 0.6) is 0 Å². The van der Waals surface area contributed by atoms with Crippen LogP contribution in [0.2, 0.25) is 0 Å². The van der Waals surface area contributed by atoms with Gasteiger partial charge in [0.05, 0.1) is 6.54 Å². The lowest BCUT2D eigenvalue weighted by molar-refractivity contribution is -0.0389. The number of nitrogens with zero attached hydrogens (tertiary/aromatic N) is 3. The van der Waals surface area contributed by atoms with Gasteiger partial charge < -0.3 is 5.11 Å². The van der Waals surface area contributed by atoms with Crippen molar-refractivity contribution in [2.24, 2.45) is 5.92 Å². The molecule has 0 aliphatic carbocycles. The van der Waals surface area contributed by atoms with E-state index in [1.54, 1.807) is 19.1 Å². The highest BCUT2D eigenvalue weighted by Gasteiger charge is 2.39. The van der Waals surface area contributed by atoms with E-state index in [0.29, 0.717) is 6.42 Å². The summed E-state index contributed by atoms with van der Waals surface area (Å²) in [7, 11) is 0. The number of hydrogen-bond acceptors (Lipinski definition) is 3. The highest BCUT2D eigenvalue weighted by Crippen LogP contribution is 2.35. The second kappa shape index (κ2) is 7.29. The molecule has 0 spiro atoms. The summed E-state index contributed by atoms with van der Waals surface area (Å²) in [5.74, 6) is -2.39. The predicted octanol–water partition coefficient (Wildman–Crippen LogP) is 3.46. The van der Waals surface area contributed by atoms with E-state index in [4.69, 9.17) is 0 Å². The molecule has 3 aromatic rings. The number of rotatable bonds is 6. The third-order valence-corrected chi connectivity index (χ3v) is 4.54. The van der Waals surface area contributed by atoms with E-state index in [2.05, 4.69) is 10.1 Å². The van der Waals surface area contributed by atoms with Crippen molar-refractivity contribution < 1.29 is 18.3 Å². The molecular formula is C19H18F3N3O. The Hall–Kier alpha value is -2.67. The molecule has 136 valence electrons. The van der Waals surface area contributed by atoms with Crippen LogP contribution < -0.4 is 0 Å². The molecule has 1 heterocycles. The summed E-state index contributed by atoms with van der Waals surface area (Å²) in [6.07, 6.45) is 3.09. The van der Waals surface area contributed by atoms with E-state index in [0.717, 1.165) is 17.7 Å². The molecule has 2 aromatic carbocycles. The van der Waals surface area contributed by atoms with E-state index in [-0.39, 0.29) is 17.9 Å². The second-order valence-corrected chi connectivity index (χ2v) is 6.37. The molecule has 0 fully saturated rings. The Morgan fingerprint density at radius 3 is 2.38 bits per heavy atom. The van der Waals surface area contributed by atoms with Crippen LogP contribution in [-0.2, 0) is 18.6 Å². The first-order valence-electron chi connectivity index (χ1n) is 8.13. The summed E-state index contributed by atoms with van der Waals surface area (Å²) in [5, 5.41) is 15.4. The van der Waals surface area contributed by atoms with Crippen LogP contribution in [0.3, 0.4) is 0 Å². The molecule has 1 aromatic heterocycles. The van der Waals surface area contributed by atoms with Crippen molar-refractivity contribution >= 4 is 0 Å². The van der Waals surface area contributed by atoms with E-state index < -0.39 is 23.2 Å². The third-order valence-electron chi connectivity index (χ3n) is 4.54. The molecule has 0 amide bonds. The Morgan fingerprint density at radius 1 is 1.08 bits per heavy atom. The minimum absolute atomic E-state index is 0.0241. The van der Waals surface area contributed by atoms with Crippen LogP contribution in [0.15, 0.2) is 55.1 Å². The number of halogens is 3. The molecule has 2 atom stereocenters. The van der Waals surface area contributed by atoms with Gasteiger partial charge in [0.25, 0.3) is 0 Å². The third kappa shape index (κ3) is 3.77. The van der Waals surface area contributed by atoms with Gasteiger partial charge in [-0.1, -0.05) is 25.1 Å². The Kier molecular flexibility index (Phi) is 5.08. The van der Waals surface area contributed by atoms with Crippen molar-refractivity contribution in [3.8, 4) is 0 Å². The van der Waals surface area contributed by atoms with Crippen LogP contribution in [-0.4, -0.2) is 19.9 Å². The monoisotopic (exact) mass is 361 g/mol. The summed E-state index contributed by atoms with van der Waals surface area (Å²) in [4.78, 5) is 3.83. The van der Waals surface area contributed by atoms with E-state index in [1.165, 1.54) is 35.5 Å². The first-order valence-corrected chi connectivity index (χ1v) is 8.13. The van der Waals surface area contributed by atoms with E-state index in [1.807, 2.05) is 0 Å². The molecular weight excluding hydrogens is 343 g/mol. The average Bonchev–Trinajstić information content (AvgIpc) is 3.09. The minimum atomic E-state index is -1.67. The van der Waals surface area contributed by atoms with Crippen molar-refractivity contribution in [1.82, 2.24) is 14.8 Å². The van der Waals surface area contributed by atoms with Crippen LogP contribution in [0.25, 0.3) is 0 Å². The van der Waals surface area contributed by atoms with Crippen LogP contribution in [0, 0.1) is 23.4 Å². The molecule has 4 nitrogen and oxygen atoms in total. The minimum Gasteiger partial charge on any atom is -0.383 e. The SMILES string of the molecule is C[C@@H](Cc1ccc(F)cc1)[C@](O)(Cn1cncn1)c1ccc(F)cc1F. The number of hydrogen-bond donors (Lipinski definition) is 1. The van der Waals surface area contributed by atoms with Crippen molar-refractivity contribution in [2.45, 2.75) is 25.5 Å². The molecule has 0 saturated heterocycles. The fraction of sp³-hybridized carbons (Fsp3) is 0.263. The Morgan fingerprint density at radius 2 is 1.77 bits per heavy atom. The summed E-state index contributed by atoms with van der Waals surface area (Å²) < 4.78 is 42.3. The van der Waals surface area contributed by atoms with Gasteiger partial charge >= 0.3 is 0 Å². The van der Waals surface area contributed by atoms with Gasteiger partial charge in [-0.3, -0.25) is 0 Å². The fourth-order valence-electron chi connectivity index (χ4n) is 3.05. The molecule has 26 heavy (non-hydrogen) atoms. The van der Waals surface area contributed by atoms with Gasteiger partial charge in [-0.15, -0.1) is 0 Å². The molecule has 0 aliphatic rings. The van der Waals surface area contributed by atoms with Crippen LogP contribution in [0.4, 0.5) is 13.2 Å². The average molecular weight is 361 g/mol. The molecule has 0 unspecified atom stereocenters. The summed E-state index contributed by atoms with van der Waals surface area (Å²) >= 11 is 0. The zero-order chi connectivity index (χ0) is 18.7. The first-order chi connectivity index (χ1) is 12.4. The van der Waals surface area contributed by atoms with Crippen molar-refractivity contribution in [2.75, 3.05) is 0 Å². The quantitative estimate of drug-likeness (QED) is 0.732. The van der Waals surface area contributed by atoms with Gasteiger partial charge in [-0.25, -0.2) is 22.8 Å². The molecule has 1 N–H and O–H groups in total. The van der Waals surface area contributed by atoms with Gasteiger partial charge in [0.15, 0.2) is 0 Å². The molecule has 0 radical (unpaired) electrons. The van der Waals surface area contributed by atoms with Crippen LogP contribution in [0.1, 0.15) is 18.1 Å². The van der Waals surface area contributed by atoms with Gasteiger partial charge in [0.2, 0.25) is 0 Å². The molecule has 3 rings (SSSR count). The predicted molar refractivity (Wildman–Crippen MR) is 89.5 cm³/mol. The molecule has 7 heteroatoms. The lowest BCUT2D eigenvalue weighted by atomic mass is 9.78. The van der Waals surface area contributed by atoms with Crippen molar-refractivity contribution in [3.63, 3.8) is 0 Å². The zero-order valence-electron chi connectivity index (χ0n) is 14.1. The van der Waals surface area contributed by atoms with Crippen molar-refractivity contribution in [3.05, 3.63) is 83.7 Å². The molecule has 0 bridgehead atoms. The normalized spacial score (nSPS) is 14.8. The maximum absolute atomic E-state index is 14.4. The Labute approximate surface area is 148 Å². The smallest absolute Gasteiger partial charge is 0.137 e. The largest absolute Gasteiger partial charge is 0.383 e. The maximum Gasteiger partial charge on any atom is 0.137 e. The Bertz CT molecular complexity index is 868. The number of benzene rings is 2. The lowest BCUT2D eigenvalue weighted by Crippen LogP contribution is -2.40. The molecule has 0 aliphatic heterocycles. The fourth-order valence-corrected chi connectivity index (χ4v) is 3.05. The highest BCUT2D eigenvalue weighted by atomic mass is 19.1. The van der Waals surface area contributed by atoms with Gasteiger partial charge in [0.1, 0.15) is 35.7 Å². The standard InChI is InChI=1S/C19H18F3N3O/c1-13(8-14-2-4-15(20)5-3-14)19(26,10-25-12-23-11-24-25)17-7-6-16(21)9-18(17)22/h2-7,9,11-13,26H,8,10H2,1H3/t13-,19+/m0/s1. The van der Waals surface area contributed by atoms with Gasteiger partial charge in [-0.2, -0.15) is 5.10 Å². The van der Waals surface area contributed by atoms with E-state index >= 15 is 0 Å². The topological polar surface area (TPSA) is 50.9 Å². The summed E-state index contributed by atoms with van der Waals surface area (Å²) in [5.41, 5.74) is -0.901. The highest BCUT2D eigenvalue weighted by molar-refractivity contribution is 5.27. The summed E-state index contributed by atoms with van der Waals surface area (Å²) in [6.45, 7) is 1.70. The molecule has 0 saturated carbocycles. The van der Waals surface area contributed by atoms with Crippen LogP contribution >= 0.6 is 0 Å². The zero-order valence-corrected chi connectivity index (χ0v) is 14.1. The van der Waals surface area contributed by atoms with Gasteiger partial charge in [-0.05, 0) is 36.1 Å². The lowest BCUT2D eigenvalue weighted by Gasteiger charge is -2.35.